The van der Waals surface area contributed by atoms with Crippen LogP contribution < -0.4 is 13.8 Å². The van der Waals surface area contributed by atoms with Crippen molar-refractivity contribution in [2.45, 2.75) is 5.78 Å². The quantitative estimate of drug-likeness (QED) is 0.492. The second-order valence-corrected chi connectivity index (χ2v) is 10.4. The summed E-state index contributed by atoms with van der Waals surface area (Å²) in [6.07, 6.45) is 0. The van der Waals surface area contributed by atoms with Gasteiger partial charge in [-0.05, 0) is 29.8 Å². The molecular formula is C21H23N2O5PS. The highest BCUT2D eigenvalue weighted by atomic mass is 32.2. The van der Waals surface area contributed by atoms with Crippen molar-refractivity contribution in [3.8, 4) is 11.5 Å². The molecule has 0 spiro atoms. The Kier molecular flexibility index (Phi) is 6.95. The van der Waals surface area contributed by atoms with Gasteiger partial charge in [-0.2, -0.15) is 17.4 Å². The molecule has 0 heterocycles. The van der Waals surface area contributed by atoms with E-state index < -0.39 is 23.6 Å². The second-order valence-electron chi connectivity index (χ2n) is 6.57. The standard InChI is InChI=1S/C21H23N2O5PS/c1-23(2)30(25,26)22-21(18-12-6-3-7-13-18)29(24,27-19-14-8-4-9-15-19)28-20-16-10-5-11-17-20/h3-17,21-22H,1-2H3. The van der Waals surface area contributed by atoms with Crippen LogP contribution in [0, 0.1) is 0 Å². The topological polar surface area (TPSA) is 84.9 Å². The van der Waals surface area contributed by atoms with Crippen LogP contribution in [0.25, 0.3) is 0 Å². The van der Waals surface area contributed by atoms with Crippen molar-refractivity contribution in [3.63, 3.8) is 0 Å². The summed E-state index contributed by atoms with van der Waals surface area (Å²) in [5, 5.41) is 0. The van der Waals surface area contributed by atoms with Crippen LogP contribution in [0.2, 0.25) is 0 Å². The van der Waals surface area contributed by atoms with E-state index in [4.69, 9.17) is 9.05 Å². The molecule has 0 aliphatic carbocycles. The van der Waals surface area contributed by atoms with Crippen LogP contribution >= 0.6 is 7.60 Å². The van der Waals surface area contributed by atoms with E-state index in [-0.39, 0.29) is 0 Å². The molecule has 3 aromatic rings. The average Bonchev–Trinajstić information content (AvgIpc) is 2.74. The Bertz CT molecular complexity index is 1050. The van der Waals surface area contributed by atoms with E-state index in [0.717, 1.165) is 4.31 Å². The molecule has 158 valence electrons. The first kappa shape index (κ1) is 22.1. The summed E-state index contributed by atoms with van der Waals surface area (Å²) < 4.78 is 54.6. The molecule has 7 nitrogen and oxygen atoms in total. The van der Waals surface area contributed by atoms with Crippen molar-refractivity contribution in [1.82, 2.24) is 9.03 Å². The highest BCUT2D eigenvalue weighted by Crippen LogP contribution is 2.59. The zero-order valence-electron chi connectivity index (χ0n) is 16.6. The third kappa shape index (κ3) is 5.49. The first-order valence-electron chi connectivity index (χ1n) is 9.14. The molecule has 0 radical (unpaired) electrons. The van der Waals surface area contributed by atoms with Gasteiger partial charge in [0.2, 0.25) is 0 Å². The summed E-state index contributed by atoms with van der Waals surface area (Å²) in [4.78, 5) is 0. The monoisotopic (exact) mass is 446 g/mol. The molecular weight excluding hydrogens is 423 g/mol. The number of nitrogens with one attached hydrogen (secondary N) is 1. The van der Waals surface area contributed by atoms with Gasteiger partial charge in [-0.1, -0.05) is 66.7 Å². The average molecular weight is 446 g/mol. The summed E-state index contributed by atoms with van der Waals surface area (Å²) in [6.45, 7) is 0. The Balaban J connectivity index is 2.11. The summed E-state index contributed by atoms with van der Waals surface area (Å²) in [6, 6.07) is 25.6. The van der Waals surface area contributed by atoms with Crippen LogP contribution in [-0.4, -0.2) is 26.8 Å². The predicted molar refractivity (Wildman–Crippen MR) is 117 cm³/mol. The van der Waals surface area contributed by atoms with Crippen LogP contribution in [-0.2, 0) is 14.8 Å². The largest absolute Gasteiger partial charge is 0.453 e. The van der Waals surface area contributed by atoms with Crippen molar-refractivity contribution in [2.75, 3.05) is 14.1 Å². The molecule has 3 aromatic carbocycles. The SMILES string of the molecule is CN(C)S(=O)(=O)NC(c1ccccc1)P(=O)(Oc1ccccc1)Oc1ccccc1. The Morgan fingerprint density at radius 1 is 0.767 bits per heavy atom. The lowest BCUT2D eigenvalue weighted by molar-refractivity contribution is 0.367. The highest BCUT2D eigenvalue weighted by molar-refractivity contribution is 7.87. The van der Waals surface area contributed by atoms with Gasteiger partial charge in [0.1, 0.15) is 11.5 Å². The molecule has 0 aromatic heterocycles. The van der Waals surface area contributed by atoms with E-state index in [9.17, 15) is 13.0 Å². The molecule has 3 rings (SSSR count). The summed E-state index contributed by atoms with van der Waals surface area (Å²) in [7, 11) is -5.35. The maximum absolute atomic E-state index is 14.2. The third-order valence-electron chi connectivity index (χ3n) is 4.12. The van der Waals surface area contributed by atoms with Crippen molar-refractivity contribution in [1.29, 1.82) is 0 Å². The Hall–Kier alpha value is -2.64. The van der Waals surface area contributed by atoms with Gasteiger partial charge in [-0.25, -0.2) is 4.57 Å². The Morgan fingerprint density at radius 3 is 1.57 bits per heavy atom. The molecule has 1 N–H and O–H groups in total. The van der Waals surface area contributed by atoms with E-state index in [1.54, 1.807) is 91.0 Å². The van der Waals surface area contributed by atoms with Crippen LogP contribution in [0.1, 0.15) is 11.3 Å². The summed E-state index contributed by atoms with van der Waals surface area (Å²) >= 11 is 0. The molecule has 0 fully saturated rings. The van der Waals surface area contributed by atoms with E-state index in [1.165, 1.54) is 14.1 Å². The van der Waals surface area contributed by atoms with Crippen molar-refractivity contribution in [2.24, 2.45) is 0 Å². The highest BCUT2D eigenvalue weighted by Gasteiger charge is 2.43. The van der Waals surface area contributed by atoms with Gasteiger partial charge in [0, 0.05) is 14.1 Å². The van der Waals surface area contributed by atoms with Gasteiger partial charge in [0.25, 0.3) is 10.2 Å². The minimum absolute atomic E-state index is 0.293. The molecule has 0 aliphatic rings. The number of hydrogen-bond acceptors (Lipinski definition) is 5. The minimum atomic E-state index is -4.15. The van der Waals surface area contributed by atoms with Gasteiger partial charge < -0.3 is 9.05 Å². The van der Waals surface area contributed by atoms with Crippen LogP contribution in [0.4, 0.5) is 0 Å². The number of benzene rings is 3. The molecule has 1 unspecified atom stereocenters. The van der Waals surface area contributed by atoms with Crippen LogP contribution in [0.15, 0.2) is 91.0 Å². The molecule has 0 saturated carbocycles. The lowest BCUT2D eigenvalue weighted by Crippen LogP contribution is -2.39. The maximum atomic E-state index is 14.2. The van der Waals surface area contributed by atoms with E-state index in [1.807, 2.05) is 0 Å². The molecule has 0 aliphatic heterocycles. The summed E-state index contributed by atoms with van der Waals surface area (Å²) in [5.41, 5.74) is 0.443. The molecule has 0 bridgehead atoms. The zero-order valence-corrected chi connectivity index (χ0v) is 18.3. The fourth-order valence-electron chi connectivity index (χ4n) is 2.58. The van der Waals surface area contributed by atoms with Gasteiger partial charge >= 0.3 is 7.60 Å². The normalized spacial score (nSPS) is 13.0. The minimum Gasteiger partial charge on any atom is -0.415 e. The van der Waals surface area contributed by atoms with Gasteiger partial charge in [0.15, 0.2) is 5.78 Å². The second kappa shape index (κ2) is 9.45. The van der Waals surface area contributed by atoms with Crippen LogP contribution in [0.3, 0.4) is 0 Å². The number of hydrogen-bond donors (Lipinski definition) is 1. The lowest BCUT2D eigenvalue weighted by atomic mass is 10.2. The van der Waals surface area contributed by atoms with E-state index in [0.29, 0.717) is 17.1 Å². The Labute approximate surface area is 177 Å². The Morgan fingerprint density at radius 2 is 1.17 bits per heavy atom. The van der Waals surface area contributed by atoms with Crippen LogP contribution in [0.5, 0.6) is 11.5 Å². The first-order valence-corrected chi connectivity index (χ1v) is 12.2. The molecule has 1 atom stereocenters. The smallest absolute Gasteiger partial charge is 0.415 e. The number of nitrogens with zero attached hydrogens (tertiary/aromatic N) is 1. The van der Waals surface area contributed by atoms with Gasteiger partial charge in [-0.3, -0.25) is 0 Å². The molecule has 0 saturated heterocycles. The summed E-state index contributed by atoms with van der Waals surface area (Å²) in [5.74, 6) is -0.699. The van der Waals surface area contributed by atoms with E-state index >= 15 is 0 Å². The van der Waals surface area contributed by atoms with Gasteiger partial charge in [0.05, 0.1) is 0 Å². The fourth-order valence-corrected chi connectivity index (χ4v) is 5.74. The fraction of sp³-hybridized carbons (Fsp3) is 0.143. The van der Waals surface area contributed by atoms with Gasteiger partial charge in [-0.15, -0.1) is 0 Å². The number of rotatable bonds is 9. The number of para-hydroxylation sites is 2. The molecule has 0 amide bonds. The predicted octanol–water partition coefficient (Wildman–Crippen LogP) is 4.43. The van der Waals surface area contributed by atoms with Crippen molar-refractivity contribution in [3.05, 3.63) is 96.6 Å². The molecule has 30 heavy (non-hydrogen) atoms. The third-order valence-corrected chi connectivity index (χ3v) is 7.78. The maximum Gasteiger partial charge on any atom is 0.453 e. The van der Waals surface area contributed by atoms with E-state index in [2.05, 4.69) is 4.72 Å². The molecule has 9 heteroatoms. The lowest BCUT2D eigenvalue weighted by Gasteiger charge is -2.29. The van der Waals surface area contributed by atoms with Crippen molar-refractivity contribution < 1.29 is 22.0 Å². The zero-order chi connectivity index (χ0) is 21.6. The first-order chi connectivity index (χ1) is 14.3. The van der Waals surface area contributed by atoms with Crippen molar-refractivity contribution >= 4 is 17.8 Å².